The molecule has 0 heterocycles. The van der Waals surface area contributed by atoms with Gasteiger partial charge in [-0.2, -0.15) is 5.26 Å². The first-order valence-corrected chi connectivity index (χ1v) is 6.78. The Hall–Kier alpha value is -1.63. The lowest BCUT2D eigenvalue weighted by atomic mass is 9.89. The Kier molecular flexibility index (Phi) is 4.04. The van der Waals surface area contributed by atoms with Crippen molar-refractivity contribution in [2.24, 2.45) is 0 Å². The molecule has 0 saturated heterocycles. The van der Waals surface area contributed by atoms with Crippen molar-refractivity contribution in [3.63, 3.8) is 0 Å². The van der Waals surface area contributed by atoms with Crippen molar-refractivity contribution in [2.75, 3.05) is 0 Å². The van der Waals surface area contributed by atoms with E-state index in [1.807, 2.05) is 24.3 Å². The number of nitrogens with zero attached hydrogens (tertiary/aromatic N) is 1. The summed E-state index contributed by atoms with van der Waals surface area (Å²) in [5, 5.41) is 19.4. The molecule has 3 heteroatoms. The molecule has 2 aromatic rings. The molecule has 1 unspecified atom stereocenters. The molecule has 2 nitrogen and oxygen atoms in total. The number of hydrogen-bond acceptors (Lipinski definition) is 2. The van der Waals surface area contributed by atoms with E-state index in [2.05, 4.69) is 22.0 Å². The zero-order valence-electron chi connectivity index (χ0n) is 10.6. The van der Waals surface area contributed by atoms with Crippen molar-refractivity contribution in [3.8, 4) is 6.07 Å². The van der Waals surface area contributed by atoms with Crippen LogP contribution in [0.15, 0.2) is 53.0 Å². The van der Waals surface area contributed by atoms with E-state index in [4.69, 9.17) is 5.26 Å². The molecule has 0 spiro atoms. The van der Waals surface area contributed by atoms with Crippen LogP contribution in [0.1, 0.15) is 23.6 Å². The van der Waals surface area contributed by atoms with Gasteiger partial charge in [-0.15, -0.1) is 0 Å². The number of aliphatic hydroxyl groups is 1. The van der Waals surface area contributed by atoms with Gasteiger partial charge in [0.25, 0.3) is 0 Å². The van der Waals surface area contributed by atoms with Crippen molar-refractivity contribution in [3.05, 3.63) is 69.7 Å². The molecule has 0 fully saturated rings. The summed E-state index contributed by atoms with van der Waals surface area (Å²) in [6.07, 6.45) is 0.526. The highest BCUT2D eigenvalue weighted by molar-refractivity contribution is 9.10. The highest BCUT2D eigenvalue weighted by Crippen LogP contribution is 2.26. The molecule has 0 saturated carbocycles. The predicted molar refractivity (Wildman–Crippen MR) is 78.6 cm³/mol. The number of nitriles is 1. The number of hydrogen-bond donors (Lipinski definition) is 1. The van der Waals surface area contributed by atoms with Gasteiger partial charge in [0, 0.05) is 10.9 Å². The molecule has 19 heavy (non-hydrogen) atoms. The second-order valence-corrected chi connectivity index (χ2v) is 5.69. The van der Waals surface area contributed by atoms with E-state index in [0.29, 0.717) is 12.0 Å². The van der Waals surface area contributed by atoms with Crippen LogP contribution >= 0.6 is 15.9 Å². The average Bonchev–Trinajstić information content (AvgIpc) is 2.38. The number of halogens is 1. The lowest BCUT2D eigenvalue weighted by molar-refractivity contribution is 0.0576. The molecular weight excluding hydrogens is 302 g/mol. The number of rotatable bonds is 3. The highest BCUT2D eigenvalue weighted by atomic mass is 79.9. The van der Waals surface area contributed by atoms with Gasteiger partial charge in [0.05, 0.1) is 17.2 Å². The van der Waals surface area contributed by atoms with Gasteiger partial charge in [0.15, 0.2) is 0 Å². The van der Waals surface area contributed by atoms with Gasteiger partial charge in [-0.3, -0.25) is 0 Å². The molecular formula is C16H14BrNO. The molecule has 0 aromatic heterocycles. The molecule has 0 aliphatic carbocycles. The maximum Gasteiger partial charge on any atom is 0.0991 e. The van der Waals surface area contributed by atoms with E-state index in [-0.39, 0.29) is 0 Å². The number of benzene rings is 2. The molecule has 2 aromatic carbocycles. The summed E-state index contributed by atoms with van der Waals surface area (Å²) in [6.45, 7) is 1.79. The summed E-state index contributed by atoms with van der Waals surface area (Å²) >= 11 is 3.43. The minimum atomic E-state index is -0.950. The Morgan fingerprint density at radius 3 is 2.47 bits per heavy atom. The monoisotopic (exact) mass is 315 g/mol. The quantitative estimate of drug-likeness (QED) is 0.937. The fraction of sp³-hybridized carbons (Fsp3) is 0.188. The Bertz CT molecular complexity index is 611. The van der Waals surface area contributed by atoms with Crippen LogP contribution in [0.3, 0.4) is 0 Å². The van der Waals surface area contributed by atoms with Gasteiger partial charge < -0.3 is 5.11 Å². The van der Waals surface area contributed by atoms with Gasteiger partial charge in [-0.05, 0) is 42.3 Å². The maximum atomic E-state index is 10.6. The third-order valence-electron chi connectivity index (χ3n) is 3.07. The standard InChI is InChI=1S/C16H14BrNO/c1-16(19,10-13-3-2-4-15(17)9-13)14-7-5-12(11-18)6-8-14/h2-9,19H,10H2,1H3. The first-order chi connectivity index (χ1) is 9.01. The summed E-state index contributed by atoms with van der Waals surface area (Å²) in [5.41, 5.74) is 1.52. The van der Waals surface area contributed by atoms with Gasteiger partial charge in [-0.25, -0.2) is 0 Å². The van der Waals surface area contributed by atoms with E-state index in [9.17, 15) is 5.11 Å². The summed E-state index contributed by atoms with van der Waals surface area (Å²) in [4.78, 5) is 0. The summed E-state index contributed by atoms with van der Waals surface area (Å²) in [7, 11) is 0. The smallest absolute Gasteiger partial charge is 0.0991 e. The van der Waals surface area contributed by atoms with E-state index in [0.717, 1.165) is 15.6 Å². The minimum absolute atomic E-state index is 0.526. The fourth-order valence-corrected chi connectivity index (χ4v) is 2.50. The van der Waals surface area contributed by atoms with Crippen LogP contribution in [0.5, 0.6) is 0 Å². The predicted octanol–water partition coefficient (Wildman–Crippen LogP) is 3.77. The maximum absolute atomic E-state index is 10.6. The average molecular weight is 316 g/mol. The van der Waals surface area contributed by atoms with Gasteiger partial charge >= 0.3 is 0 Å². The third-order valence-corrected chi connectivity index (χ3v) is 3.57. The third kappa shape index (κ3) is 3.44. The molecule has 1 N–H and O–H groups in total. The van der Waals surface area contributed by atoms with E-state index in [1.165, 1.54) is 0 Å². The summed E-state index contributed by atoms with van der Waals surface area (Å²) in [5.74, 6) is 0. The fourth-order valence-electron chi connectivity index (χ4n) is 2.05. The van der Waals surface area contributed by atoms with E-state index in [1.54, 1.807) is 31.2 Å². The lowest BCUT2D eigenvalue weighted by Crippen LogP contribution is -2.24. The zero-order valence-corrected chi connectivity index (χ0v) is 12.2. The molecule has 96 valence electrons. The van der Waals surface area contributed by atoms with Crippen LogP contribution in [0.2, 0.25) is 0 Å². The van der Waals surface area contributed by atoms with Crippen molar-refractivity contribution in [1.29, 1.82) is 5.26 Å². The molecule has 1 atom stereocenters. The second kappa shape index (κ2) is 5.56. The van der Waals surface area contributed by atoms with Crippen LogP contribution < -0.4 is 0 Å². The highest BCUT2D eigenvalue weighted by Gasteiger charge is 2.23. The molecule has 0 aliphatic rings. The Balaban J connectivity index is 2.24. The minimum Gasteiger partial charge on any atom is -0.385 e. The van der Waals surface area contributed by atoms with Crippen LogP contribution in [0.25, 0.3) is 0 Å². The molecule has 0 bridgehead atoms. The van der Waals surface area contributed by atoms with Crippen molar-refractivity contribution < 1.29 is 5.11 Å². The summed E-state index contributed by atoms with van der Waals surface area (Å²) in [6, 6.07) is 17.0. The molecule has 0 aliphatic heterocycles. The van der Waals surface area contributed by atoms with Gasteiger partial charge in [-0.1, -0.05) is 40.2 Å². The topological polar surface area (TPSA) is 44.0 Å². The Morgan fingerprint density at radius 2 is 1.89 bits per heavy atom. The first kappa shape index (κ1) is 13.8. The van der Waals surface area contributed by atoms with Crippen molar-refractivity contribution >= 4 is 15.9 Å². The normalized spacial score (nSPS) is 13.6. The lowest BCUT2D eigenvalue weighted by Gasteiger charge is -2.24. The molecule has 2 rings (SSSR count). The van der Waals surface area contributed by atoms with Crippen molar-refractivity contribution in [1.82, 2.24) is 0 Å². The van der Waals surface area contributed by atoms with E-state index >= 15 is 0 Å². The largest absolute Gasteiger partial charge is 0.385 e. The van der Waals surface area contributed by atoms with Crippen LogP contribution in [0.4, 0.5) is 0 Å². The Morgan fingerprint density at radius 1 is 1.21 bits per heavy atom. The molecule has 0 radical (unpaired) electrons. The van der Waals surface area contributed by atoms with Crippen LogP contribution in [0, 0.1) is 11.3 Å². The van der Waals surface area contributed by atoms with Crippen molar-refractivity contribution in [2.45, 2.75) is 18.9 Å². The SMILES string of the molecule is CC(O)(Cc1cccc(Br)c1)c1ccc(C#N)cc1. The molecule has 0 amide bonds. The van der Waals surface area contributed by atoms with Crippen LogP contribution in [-0.2, 0) is 12.0 Å². The Labute approximate surface area is 121 Å². The summed E-state index contributed by atoms with van der Waals surface area (Å²) < 4.78 is 1.00. The van der Waals surface area contributed by atoms with Gasteiger partial charge in [0.2, 0.25) is 0 Å². The second-order valence-electron chi connectivity index (χ2n) is 4.77. The van der Waals surface area contributed by atoms with Gasteiger partial charge in [0.1, 0.15) is 0 Å². The first-order valence-electron chi connectivity index (χ1n) is 5.99. The van der Waals surface area contributed by atoms with Crippen LogP contribution in [-0.4, -0.2) is 5.11 Å². The van der Waals surface area contributed by atoms with E-state index < -0.39 is 5.60 Å². The zero-order chi connectivity index (χ0) is 13.9.